The third-order valence-corrected chi connectivity index (χ3v) is 4.98. The van der Waals surface area contributed by atoms with Crippen molar-refractivity contribution >= 4 is 15.9 Å². The summed E-state index contributed by atoms with van der Waals surface area (Å²) in [7, 11) is 0. The summed E-state index contributed by atoms with van der Waals surface area (Å²) < 4.78 is 5.91. The van der Waals surface area contributed by atoms with Gasteiger partial charge in [0.15, 0.2) is 0 Å². The van der Waals surface area contributed by atoms with E-state index in [-0.39, 0.29) is 0 Å². The van der Waals surface area contributed by atoms with Gasteiger partial charge in [-0.25, -0.2) is 0 Å². The lowest BCUT2D eigenvalue weighted by Crippen LogP contribution is -2.37. The van der Waals surface area contributed by atoms with Crippen molar-refractivity contribution in [2.75, 3.05) is 11.9 Å². The highest BCUT2D eigenvalue weighted by Gasteiger charge is 2.36. The summed E-state index contributed by atoms with van der Waals surface area (Å²) in [4.78, 5) is 0. The van der Waals surface area contributed by atoms with Crippen molar-refractivity contribution in [2.45, 2.75) is 39.0 Å². The van der Waals surface area contributed by atoms with Crippen LogP contribution in [0.3, 0.4) is 0 Å². The Kier molecular flexibility index (Phi) is 4.13. The van der Waals surface area contributed by atoms with Crippen LogP contribution in [0.15, 0.2) is 24.3 Å². The van der Waals surface area contributed by atoms with Gasteiger partial charge in [-0.05, 0) is 36.5 Å². The Labute approximate surface area is 113 Å². The van der Waals surface area contributed by atoms with E-state index < -0.39 is 0 Å². The second kappa shape index (κ2) is 5.43. The topological polar surface area (TPSA) is 9.23 Å². The fraction of sp³-hybridized carbons (Fsp3) is 0.600. The van der Waals surface area contributed by atoms with Gasteiger partial charge in [0, 0.05) is 10.7 Å². The maximum Gasteiger partial charge on any atom is 0.119 e. The Balaban J connectivity index is 1.91. The van der Waals surface area contributed by atoms with Gasteiger partial charge in [0.1, 0.15) is 5.75 Å². The first-order chi connectivity index (χ1) is 8.15. The molecule has 17 heavy (non-hydrogen) atoms. The van der Waals surface area contributed by atoms with Crippen LogP contribution in [-0.2, 0) is 0 Å². The van der Waals surface area contributed by atoms with E-state index in [1.807, 2.05) is 0 Å². The lowest BCUT2D eigenvalue weighted by atomic mass is 9.71. The van der Waals surface area contributed by atoms with E-state index in [0.29, 0.717) is 11.3 Å². The van der Waals surface area contributed by atoms with Crippen LogP contribution in [0, 0.1) is 5.41 Å². The van der Waals surface area contributed by atoms with Crippen molar-refractivity contribution in [1.82, 2.24) is 0 Å². The van der Waals surface area contributed by atoms with E-state index in [9.17, 15) is 0 Å². The monoisotopic (exact) mass is 296 g/mol. The molecule has 94 valence electrons. The second-order valence-corrected chi connectivity index (χ2v) is 6.06. The fourth-order valence-corrected chi connectivity index (χ4v) is 2.90. The Morgan fingerprint density at radius 1 is 1.24 bits per heavy atom. The van der Waals surface area contributed by atoms with E-state index >= 15 is 0 Å². The molecule has 0 bridgehead atoms. The van der Waals surface area contributed by atoms with Crippen molar-refractivity contribution in [3.63, 3.8) is 0 Å². The molecular weight excluding hydrogens is 276 g/mol. The van der Waals surface area contributed by atoms with Gasteiger partial charge in [-0.15, -0.1) is 0 Å². The molecule has 0 unspecified atom stereocenters. The zero-order valence-corrected chi connectivity index (χ0v) is 12.3. The summed E-state index contributed by atoms with van der Waals surface area (Å²) in [6.07, 6.45) is 3.94. The molecule has 0 spiro atoms. The van der Waals surface area contributed by atoms with E-state index in [0.717, 1.165) is 17.7 Å². The summed E-state index contributed by atoms with van der Waals surface area (Å²) in [5.41, 5.74) is 1.77. The zero-order chi connectivity index (χ0) is 12.3. The molecule has 0 aromatic heterocycles. The Morgan fingerprint density at radius 3 is 2.29 bits per heavy atom. The fourth-order valence-electron chi connectivity index (χ4n) is 2.18. The molecule has 1 saturated carbocycles. The minimum atomic E-state index is 0.400. The molecule has 1 aromatic rings. The Hall–Kier alpha value is -0.500. The molecule has 1 fully saturated rings. The van der Waals surface area contributed by atoms with Crippen LogP contribution in [0.5, 0.6) is 5.75 Å². The summed E-state index contributed by atoms with van der Waals surface area (Å²) in [5, 5.41) is 1.06. The van der Waals surface area contributed by atoms with Crippen LogP contribution < -0.4 is 4.74 Å². The molecule has 0 saturated heterocycles. The van der Waals surface area contributed by atoms with E-state index in [4.69, 9.17) is 4.74 Å². The van der Waals surface area contributed by atoms with Gasteiger partial charge in [-0.2, -0.15) is 0 Å². The standard InChI is InChI=1S/C15H21BrO/c1-12(2)13-4-6-14(7-5-13)17-11-15(10-16)8-3-9-15/h4-7,12H,3,8-11H2,1-2H3. The molecule has 1 aromatic carbocycles. The number of benzene rings is 1. The van der Waals surface area contributed by atoms with E-state index in [1.54, 1.807) is 0 Å². The van der Waals surface area contributed by atoms with Crippen molar-refractivity contribution in [2.24, 2.45) is 5.41 Å². The van der Waals surface area contributed by atoms with E-state index in [1.165, 1.54) is 24.8 Å². The summed E-state index contributed by atoms with van der Waals surface area (Å²) >= 11 is 3.61. The molecular formula is C15H21BrO. The maximum atomic E-state index is 5.91. The zero-order valence-electron chi connectivity index (χ0n) is 10.7. The van der Waals surface area contributed by atoms with Crippen LogP contribution in [0.1, 0.15) is 44.6 Å². The first-order valence-electron chi connectivity index (χ1n) is 6.44. The largest absolute Gasteiger partial charge is 0.493 e. The Bertz CT molecular complexity index is 346. The molecule has 2 rings (SSSR count). The molecule has 1 nitrogen and oxygen atoms in total. The molecule has 0 radical (unpaired) electrons. The average molecular weight is 297 g/mol. The van der Waals surface area contributed by atoms with Gasteiger partial charge in [0.2, 0.25) is 0 Å². The summed E-state index contributed by atoms with van der Waals surface area (Å²) in [6.45, 7) is 5.27. The normalized spacial score (nSPS) is 17.9. The highest BCUT2D eigenvalue weighted by Crippen LogP contribution is 2.42. The van der Waals surface area contributed by atoms with Gasteiger partial charge in [-0.3, -0.25) is 0 Å². The van der Waals surface area contributed by atoms with E-state index in [2.05, 4.69) is 54.0 Å². The third kappa shape index (κ3) is 3.04. The van der Waals surface area contributed by atoms with Crippen molar-refractivity contribution in [3.05, 3.63) is 29.8 Å². The first-order valence-corrected chi connectivity index (χ1v) is 7.56. The highest BCUT2D eigenvalue weighted by atomic mass is 79.9. The van der Waals surface area contributed by atoms with Gasteiger partial charge >= 0.3 is 0 Å². The predicted molar refractivity (Wildman–Crippen MR) is 76.1 cm³/mol. The van der Waals surface area contributed by atoms with Crippen LogP contribution in [0.25, 0.3) is 0 Å². The molecule has 0 N–H and O–H groups in total. The molecule has 1 aliphatic carbocycles. The third-order valence-electron chi connectivity index (χ3n) is 3.79. The van der Waals surface area contributed by atoms with Crippen LogP contribution in [-0.4, -0.2) is 11.9 Å². The van der Waals surface area contributed by atoms with Crippen molar-refractivity contribution in [1.29, 1.82) is 0 Å². The Morgan fingerprint density at radius 2 is 1.88 bits per heavy atom. The number of alkyl halides is 1. The second-order valence-electron chi connectivity index (χ2n) is 5.50. The number of ether oxygens (including phenoxy) is 1. The van der Waals surface area contributed by atoms with Gasteiger partial charge in [-0.1, -0.05) is 48.3 Å². The minimum absolute atomic E-state index is 0.400. The van der Waals surface area contributed by atoms with Crippen LogP contribution in [0.4, 0.5) is 0 Å². The molecule has 1 aliphatic rings. The van der Waals surface area contributed by atoms with Gasteiger partial charge < -0.3 is 4.74 Å². The van der Waals surface area contributed by atoms with Crippen LogP contribution >= 0.6 is 15.9 Å². The predicted octanol–water partition coefficient (Wildman–Crippen LogP) is 4.75. The molecule has 0 aliphatic heterocycles. The number of hydrogen-bond acceptors (Lipinski definition) is 1. The van der Waals surface area contributed by atoms with Crippen molar-refractivity contribution in [3.8, 4) is 5.75 Å². The van der Waals surface area contributed by atoms with Crippen LogP contribution in [0.2, 0.25) is 0 Å². The van der Waals surface area contributed by atoms with Gasteiger partial charge in [0.05, 0.1) is 6.61 Å². The SMILES string of the molecule is CC(C)c1ccc(OCC2(CBr)CCC2)cc1. The van der Waals surface area contributed by atoms with Crippen molar-refractivity contribution < 1.29 is 4.74 Å². The molecule has 0 amide bonds. The molecule has 0 atom stereocenters. The lowest BCUT2D eigenvalue weighted by molar-refractivity contribution is 0.0838. The van der Waals surface area contributed by atoms with Gasteiger partial charge in [0.25, 0.3) is 0 Å². The maximum absolute atomic E-state index is 5.91. The first kappa shape index (κ1) is 12.9. The molecule has 0 heterocycles. The quantitative estimate of drug-likeness (QED) is 0.712. The average Bonchev–Trinajstić information content (AvgIpc) is 2.29. The number of rotatable bonds is 5. The lowest BCUT2D eigenvalue weighted by Gasteiger charge is -2.39. The number of halogens is 1. The smallest absolute Gasteiger partial charge is 0.119 e. The summed E-state index contributed by atoms with van der Waals surface area (Å²) in [5.74, 6) is 1.59. The molecule has 2 heteroatoms. The minimum Gasteiger partial charge on any atom is -0.493 e. The highest BCUT2D eigenvalue weighted by molar-refractivity contribution is 9.09. The summed E-state index contributed by atoms with van der Waals surface area (Å²) in [6, 6.07) is 8.52. The number of hydrogen-bond donors (Lipinski definition) is 0.